The average molecular weight is 525 g/mol. The highest BCUT2D eigenvalue weighted by atomic mass is 79.9. The second kappa shape index (κ2) is 9.30. The first-order valence-electron chi connectivity index (χ1n) is 9.38. The molecule has 2 aromatic carbocycles. The zero-order chi connectivity index (χ0) is 21.9. The number of halogens is 2. The summed E-state index contributed by atoms with van der Waals surface area (Å²) in [5.41, 5.74) is 10.3. The van der Waals surface area contributed by atoms with Crippen LogP contribution in [0, 0.1) is 19.8 Å². The van der Waals surface area contributed by atoms with Gasteiger partial charge in [0.15, 0.2) is 0 Å². The van der Waals surface area contributed by atoms with Crippen LogP contribution in [0.2, 0.25) is 0 Å². The van der Waals surface area contributed by atoms with Crippen molar-refractivity contribution in [1.29, 1.82) is 0 Å². The number of amides is 2. The van der Waals surface area contributed by atoms with E-state index in [9.17, 15) is 9.59 Å². The van der Waals surface area contributed by atoms with Crippen molar-refractivity contribution in [2.24, 2.45) is 5.92 Å². The molecule has 7 heteroatoms. The van der Waals surface area contributed by atoms with E-state index in [2.05, 4.69) is 48.0 Å². The summed E-state index contributed by atoms with van der Waals surface area (Å²) in [5.74, 6) is 0.0352. The van der Waals surface area contributed by atoms with Crippen LogP contribution in [0.25, 0.3) is 0 Å². The largest absolute Gasteiger partial charge is 0.325 e. The van der Waals surface area contributed by atoms with Crippen LogP contribution in [0.15, 0.2) is 39.3 Å². The molecule has 0 aromatic heterocycles. The van der Waals surface area contributed by atoms with Gasteiger partial charge in [0.2, 0.25) is 11.8 Å². The van der Waals surface area contributed by atoms with Gasteiger partial charge in [0.05, 0.1) is 11.1 Å². The summed E-state index contributed by atoms with van der Waals surface area (Å²) in [5, 5.41) is 2.93. The number of nitrogens with one attached hydrogen (secondary N) is 3. The molecule has 29 heavy (non-hydrogen) atoms. The Morgan fingerprint density at radius 3 is 2.28 bits per heavy atom. The average Bonchev–Trinajstić information content (AvgIpc) is 2.89. The van der Waals surface area contributed by atoms with Crippen LogP contribution in [-0.2, 0) is 15.0 Å². The molecule has 156 valence electrons. The Bertz CT molecular complexity index is 940. The van der Waals surface area contributed by atoms with E-state index in [1.54, 1.807) is 0 Å². The number of hydrogen-bond donors (Lipinski definition) is 3. The molecule has 5 nitrogen and oxygen atoms in total. The van der Waals surface area contributed by atoms with Gasteiger partial charge in [-0.3, -0.25) is 20.4 Å². The van der Waals surface area contributed by atoms with E-state index in [-0.39, 0.29) is 17.7 Å². The minimum Gasteiger partial charge on any atom is -0.325 e. The molecule has 1 aliphatic heterocycles. The molecule has 2 aromatic rings. The third-order valence-corrected chi connectivity index (χ3v) is 6.71. The van der Waals surface area contributed by atoms with Crippen LogP contribution >= 0.6 is 31.9 Å². The van der Waals surface area contributed by atoms with Crippen LogP contribution in [0.5, 0.6) is 0 Å². The summed E-state index contributed by atoms with van der Waals surface area (Å²) in [7, 11) is 0. The summed E-state index contributed by atoms with van der Waals surface area (Å²) >= 11 is 6.88. The minimum absolute atomic E-state index is 0.0191. The van der Waals surface area contributed by atoms with Gasteiger partial charge in [-0.05, 0) is 62.6 Å². The second-order valence-electron chi connectivity index (χ2n) is 7.86. The van der Waals surface area contributed by atoms with Crippen molar-refractivity contribution >= 4 is 55.0 Å². The summed E-state index contributed by atoms with van der Waals surface area (Å²) in [4.78, 5) is 23.0. The maximum atomic E-state index is 11.7. The van der Waals surface area contributed by atoms with Gasteiger partial charge >= 0.3 is 0 Å². The molecule has 1 aliphatic rings. The molecule has 0 aliphatic carbocycles. The number of carbonyl (C=O) groups excluding carboxylic acids is 2. The zero-order valence-electron chi connectivity index (χ0n) is 17.5. The van der Waals surface area contributed by atoms with E-state index in [1.807, 2.05) is 71.9 Å². The van der Waals surface area contributed by atoms with Crippen LogP contribution in [-0.4, -0.2) is 11.8 Å². The summed E-state index contributed by atoms with van der Waals surface area (Å²) in [6, 6.07) is 9.80. The first-order valence-corrected chi connectivity index (χ1v) is 11.0. The van der Waals surface area contributed by atoms with Gasteiger partial charge in [-0.15, -0.1) is 0 Å². The Balaban J connectivity index is 0.000000207. The maximum Gasteiger partial charge on any atom is 0.240 e. The molecule has 2 amide bonds. The van der Waals surface area contributed by atoms with Crippen molar-refractivity contribution in [3.05, 3.63) is 56.0 Å². The minimum atomic E-state index is -0.402. The molecule has 0 fully saturated rings. The fourth-order valence-corrected chi connectivity index (χ4v) is 3.47. The summed E-state index contributed by atoms with van der Waals surface area (Å²) in [6.07, 6.45) is 0. The van der Waals surface area contributed by atoms with Gasteiger partial charge in [-0.1, -0.05) is 57.8 Å². The van der Waals surface area contributed by atoms with E-state index < -0.39 is 5.41 Å². The van der Waals surface area contributed by atoms with Crippen molar-refractivity contribution in [2.45, 2.75) is 47.0 Å². The normalized spacial score (nSPS) is 13.9. The summed E-state index contributed by atoms with van der Waals surface area (Å²) < 4.78 is 2.06. The Morgan fingerprint density at radius 2 is 1.66 bits per heavy atom. The van der Waals surface area contributed by atoms with Gasteiger partial charge in [0.25, 0.3) is 0 Å². The first kappa shape index (κ1) is 23.4. The highest BCUT2D eigenvalue weighted by Gasteiger charge is 2.39. The molecule has 0 saturated heterocycles. The third kappa shape index (κ3) is 5.20. The van der Waals surface area contributed by atoms with Gasteiger partial charge in [0.1, 0.15) is 0 Å². The molecule has 0 radical (unpaired) electrons. The number of rotatable bonds is 3. The van der Waals surface area contributed by atoms with Crippen molar-refractivity contribution in [3.8, 4) is 0 Å². The van der Waals surface area contributed by atoms with Gasteiger partial charge in [-0.25, -0.2) is 0 Å². The molecule has 0 spiro atoms. The maximum absolute atomic E-state index is 11.7. The highest BCUT2D eigenvalue weighted by Crippen LogP contribution is 2.41. The zero-order valence-corrected chi connectivity index (χ0v) is 20.7. The molecule has 0 atom stereocenters. The lowest BCUT2D eigenvalue weighted by Crippen LogP contribution is -2.33. The van der Waals surface area contributed by atoms with Crippen LogP contribution in [0.4, 0.5) is 11.4 Å². The second-order valence-corrected chi connectivity index (χ2v) is 9.56. The number of hydrogen-bond acceptors (Lipinski definition) is 3. The molecule has 3 rings (SSSR count). The smallest absolute Gasteiger partial charge is 0.240 e. The lowest BCUT2D eigenvalue weighted by Gasteiger charge is -2.15. The number of carbonyl (C=O) groups is 2. The Morgan fingerprint density at radius 1 is 1.03 bits per heavy atom. The molecule has 0 unspecified atom stereocenters. The van der Waals surface area contributed by atoms with E-state index in [1.165, 1.54) is 0 Å². The molecular weight excluding hydrogens is 498 g/mol. The Hall–Kier alpha value is -1.86. The van der Waals surface area contributed by atoms with Crippen molar-refractivity contribution in [3.63, 3.8) is 0 Å². The molecule has 1 heterocycles. The van der Waals surface area contributed by atoms with Crippen molar-refractivity contribution in [2.75, 3.05) is 10.7 Å². The number of hydrazine groups is 1. The van der Waals surface area contributed by atoms with Gasteiger partial charge in [0, 0.05) is 20.6 Å². The van der Waals surface area contributed by atoms with Gasteiger partial charge < -0.3 is 5.32 Å². The predicted octanol–water partition coefficient (Wildman–Crippen LogP) is 5.84. The molecule has 3 N–H and O–H groups in total. The topological polar surface area (TPSA) is 70.2 Å². The predicted molar refractivity (Wildman–Crippen MR) is 126 cm³/mol. The standard InChI is InChI=1S/C11H15BrN2O.C11H12BrNO/c1-7(2)11(15)14-13-10-6-4-5-9(12)8(10)3;1-6-8(12)5-4-7-9(6)13-10(14)11(7,2)3/h4-7,13H,1-3H3,(H,14,15);4-5H,1-3H3,(H,13,14). The Kier molecular flexibility index (Phi) is 7.51. The van der Waals surface area contributed by atoms with Crippen LogP contribution in [0.1, 0.15) is 44.4 Å². The van der Waals surface area contributed by atoms with E-state index in [4.69, 9.17) is 0 Å². The lowest BCUT2D eigenvalue weighted by molar-refractivity contribution is -0.123. The monoisotopic (exact) mass is 523 g/mol. The SMILES string of the molecule is Cc1c(Br)ccc2c1NC(=O)C2(C)C.Cc1c(Br)cccc1NNC(=O)C(C)C. The quantitative estimate of drug-likeness (QED) is 0.441. The fraction of sp³-hybridized carbons (Fsp3) is 0.364. The van der Waals surface area contributed by atoms with Crippen molar-refractivity contribution in [1.82, 2.24) is 5.43 Å². The number of anilines is 2. The molecule has 0 bridgehead atoms. The Labute approximate surface area is 189 Å². The third-order valence-electron chi connectivity index (χ3n) is 4.99. The van der Waals surface area contributed by atoms with E-state index >= 15 is 0 Å². The molecule has 0 saturated carbocycles. The van der Waals surface area contributed by atoms with E-state index in [0.29, 0.717) is 0 Å². The van der Waals surface area contributed by atoms with Crippen LogP contribution < -0.4 is 16.2 Å². The molecular formula is C22H27Br2N3O2. The fourth-order valence-electron chi connectivity index (χ4n) is 2.78. The van der Waals surface area contributed by atoms with E-state index in [0.717, 1.165) is 37.0 Å². The number of benzene rings is 2. The van der Waals surface area contributed by atoms with Crippen LogP contribution in [0.3, 0.4) is 0 Å². The first-order chi connectivity index (χ1) is 13.5. The number of fused-ring (bicyclic) bond motifs is 1. The lowest BCUT2D eigenvalue weighted by atomic mass is 9.85. The highest BCUT2D eigenvalue weighted by molar-refractivity contribution is 9.10. The van der Waals surface area contributed by atoms with Crippen molar-refractivity contribution < 1.29 is 9.59 Å². The van der Waals surface area contributed by atoms with Gasteiger partial charge in [-0.2, -0.15) is 0 Å². The summed E-state index contributed by atoms with van der Waals surface area (Å²) in [6.45, 7) is 11.6.